The van der Waals surface area contributed by atoms with Crippen molar-refractivity contribution in [3.63, 3.8) is 0 Å². The third-order valence-corrected chi connectivity index (χ3v) is 5.00. The molecule has 16 heavy (non-hydrogen) atoms. The van der Waals surface area contributed by atoms with E-state index in [1.165, 1.54) is 11.1 Å². The van der Waals surface area contributed by atoms with Gasteiger partial charge in [0.05, 0.1) is 8.15 Å². The fourth-order valence-corrected chi connectivity index (χ4v) is 3.87. The molecule has 0 spiro atoms. The Morgan fingerprint density at radius 1 is 1.00 bits per heavy atom. The fourth-order valence-electron chi connectivity index (χ4n) is 1.82. The van der Waals surface area contributed by atoms with Crippen molar-refractivity contribution in [2.24, 2.45) is 0 Å². The molecule has 0 N–H and O–H groups in total. The molecule has 0 aromatic heterocycles. The normalized spacial score (nSPS) is 11.6. The van der Waals surface area contributed by atoms with Gasteiger partial charge < -0.3 is 4.52 Å². The van der Waals surface area contributed by atoms with Gasteiger partial charge in [-0.15, -0.1) is 0 Å². The summed E-state index contributed by atoms with van der Waals surface area (Å²) in [6.45, 7) is 13.2. The van der Waals surface area contributed by atoms with Crippen molar-refractivity contribution < 1.29 is 4.52 Å². The van der Waals surface area contributed by atoms with Crippen LogP contribution in [0.4, 0.5) is 0 Å². The summed E-state index contributed by atoms with van der Waals surface area (Å²) in [7, 11) is -0.381. The number of benzene rings is 1. The van der Waals surface area contributed by atoms with Gasteiger partial charge in [0.15, 0.2) is 0 Å². The summed E-state index contributed by atoms with van der Waals surface area (Å²) in [5.74, 6) is 1.05. The minimum absolute atomic E-state index is 0.381. The van der Waals surface area contributed by atoms with Gasteiger partial charge in [-0.1, -0.05) is 45.4 Å². The van der Waals surface area contributed by atoms with Crippen LogP contribution in [0.2, 0.25) is 0 Å². The highest BCUT2D eigenvalue weighted by molar-refractivity contribution is 7.54. The van der Waals surface area contributed by atoms with Crippen molar-refractivity contribution in [2.75, 3.05) is 0 Å². The van der Waals surface area contributed by atoms with Gasteiger partial charge in [0.1, 0.15) is 5.75 Å². The van der Waals surface area contributed by atoms with Crippen molar-refractivity contribution in [2.45, 2.75) is 52.9 Å². The summed E-state index contributed by atoms with van der Waals surface area (Å²) in [6.07, 6.45) is 0. The summed E-state index contributed by atoms with van der Waals surface area (Å²) in [6, 6.07) is 6.41. The number of rotatable bonds is 4. The third kappa shape index (κ3) is 3.49. The standard InChI is InChI=1S/C14H23OP/c1-10(2)16(11(3)4)15-14-8-7-12(5)9-13(14)6/h7-11H,1-6H3. The molecule has 0 saturated carbocycles. The first kappa shape index (κ1) is 13.5. The predicted molar refractivity (Wildman–Crippen MR) is 73.7 cm³/mol. The fraction of sp³-hybridized carbons (Fsp3) is 0.571. The molecule has 90 valence electrons. The predicted octanol–water partition coefficient (Wildman–Crippen LogP) is 4.90. The first-order chi connectivity index (χ1) is 7.41. The maximum Gasteiger partial charge on any atom is 0.126 e. The first-order valence-electron chi connectivity index (χ1n) is 5.95. The van der Waals surface area contributed by atoms with Gasteiger partial charge in [-0.05, 0) is 25.5 Å². The summed E-state index contributed by atoms with van der Waals surface area (Å²) in [4.78, 5) is 0. The van der Waals surface area contributed by atoms with Crippen LogP contribution in [-0.4, -0.2) is 11.3 Å². The molecule has 1 aromatic carbocycles. The monoisotopic (exact) mass is 238 g/mol. The Labute approximate surface area is 101 Å². The highest BCUT2D eigenvalue weighted by Gasteiger charge is 2.20. The van der Waals surface area contributed by atoms with E-state index in [1.807, 2.05) is 0 Å². The van der Waals surface area contributed by atoms with Gasteiger partial charge in [-0.3, -0.25) is 0 Å². The van der Waals surface area contributed by atoms with Crippen LogP contribution in [0.25, 0.3) is 0 Å². The van der Waals surface area contributed by atoms with Crippen molar-refractivity contribution in [3.8, 4) is 5.75 Å². The molecule has 2 heteroatoms. The summed E-state index contributed by atoms with van der Waals surface area (Å²) >= 11 is 0. The quantitative estimate of drug-likeness (QED) is 0.678. The maximum absolute atomic E-state index is 6.19. The minimum atomic E-state index is -0.381. The van der Waals surface area contributed by atoms with Crippen LogP contribution < -0.4 is 4.52 Å². The summed E-state index contributed by atoms with van der Waals surface area (Å²) in [5.41, 5.74) is 3.75. The molecule has 1 aromatic rings. The summed E-state index contributed by atoms with van der Waals surface area (Å²) in [5, 5.41) is 0. The average molecular weight is 238 g/mol. The van der Waals surface area contributed by atoms with Crippen LogP contribution in [0.3, 0.4) is 0 Å². The zero-order valence-electron chi connectivity index (χ0n) is 11.2. The van der Waals surface area contributed by atoms with Gasteiger partial charge >= 0.3 is 0 Å². The lowest BCUT2D eigenvalue weighted by molar-refractivity contribution is 0.587. The highest BCUT2D eigenvalue weighted by Crippen LogP contribution is 2.47. The van der Waals surface area contributed by atoms with Gasteiger partial charge in [0.2, 0.25) is 0 Å². The van der Waals surface area contributed by atoms with Crippen LogP contribution in [0.1, 0.15) is 38.8 Å². The van der Waals surface area contributed by atoms with E-state index in [1.54, 1.807) is 0 Å². The lowest BCUT2D eigenvalue weighted by Gasteiger charge is -2.26. The molecule has 0 radical (unpaired) electrons. The Kier molecular flexibility index (Phi) is 4.80. The van der Waals surface area contributed by atoms with E-state index in [9.17, 15) is 0 Å². The van der Waals surface area contributed by atoms with Gasteiger partial charge in [-0.25, -0.2) is 0 Å². The van der Waals surface area contributed by atoms with Crippen molar-refractivity contribution in [1.29, 1.82) is 0 Å². The van der Waals surface area contributed by atoms with E-state index in [0.29, 0.717) is 11.3 Å². The molecule has 0 unspecified atom stereocenters. The Balaban J connectivity index is 2.85. The SMILES string of the molecule is Cc1ccc(OP(C(C)C)C(C)C)c(C)c1. The molecule has 0 saturated heterocycles. The maximum atomic E-state index is 6.19. The molecule has 0 aliphatic rings. The molecular weight excluding hydrogens is 215 g/mol. The molecule has 0 atom stereocenters. The second kappa shape index (κ2) is 5.68. The molecule has 0 aliphatic carbocycles. The zero-order chi connectivity index (χ0) is 12.3. The van der Waals surface area contributed by atoms with Crippen LogP contribution in [0.5, 0.6) is 5.75 Å². The van der Waals surface area contributed by atoms with E-state index in [0.717, 1.165) is 5.75 Å². The van der Waals surface area contributed by atoms with E-state index in [-0.39, 0.29) is 8.15 Å². The van der Waals surface area contributed by atoms with E-state index < -0.39 is 0 Å². The largest absolute Gasteiger partial charge is 0.473 e. The van der Waals surface area contributed by atoms with E-state index in [4.69, 9.17) is 4.52 Å². The average Bonchev–Trinajstić information content (AvgIpc) is 2.15. The topological polar surface area (TPSA) is 9.23 Å². The van der Waals surface area contributed by atoms with Crippen molar-refractivity contribution >= 4 is 8.15 Å². The zero-order valence-corrected chi connectivity index (χ0v) is 12.1. The molecule has 0 heterocycles. The molecule has 0 fully saturated rings. The lowest BCUT2D eigenvalue weighted by Crippen LogP contribution is -2.08. The van der Waals surface area contributed by atoms with E-state index >= 15 is 0 Å². The van der Waals surface area contributed by atoms with E-state index in [2.05, 4.69) is 59.7 Å². The number of hydrogen-bond donors (Lipinski definition) is 0. The molecule has 1 nitrogen and oxygen atoms in total. The number of hydrogen-bond acceptors (Lipinski definition) is 1. The van der Waals surface area contributed by atoms with Crippen molar-refractivity contribution in [3.05, 3.63) is 29.3 Å². The molecule has 0 amide bonds. The van der Waals surface area contributed by atoms with Gasteiger partial charge in [-0.2, -0.15) is 0 Å². The van der Waals surface area contributed by atoms with Crippen molar-refractivity contribution in [1.82, 2.24) is 0 Å². The van der Waals surface area contributed by atoms with Crippen LogP contribution >= 0.6 is 8.15 Å². The smallest absolute Gasteiger partial charge is 0.126 e. The lowest BCUT2D eigenvalue weighted by atomic mass is 10.1. The molecular formula is C14H23OP. The second-order valence-corrected chi connectivity index (χ2v) is 7.88. The summed E-state index contributed by atoms with van der Waals surface area (Å²) < 4.78 is 6.19. The second-order valence-electron chi connectivity index (χ2n) is 4.91. The molecule has 0 bridgehead atoms. The third-order valence-electron chi connectivity index (χ3n) is 2.55. The Morgan fingerprint density at radius 2 is 1.56 bits per heavy atom. The Morgan fingerprint density at radius 3 is 2.00 bits per heavy atom. The van der Waals surface area contributed by atoms with Crippen LogP contribution in [-0.2, 0) is 0 Å². The minimum Gasteiger partial charge on any atom is -0.473 e. The van der Waals surface area contributed by atoms with Gasteiger partial charge in [0, 0.05) is 11.3 Å². The van der Waals surface area contributed by atoms with Crippen LogP contribution in [0, 0.1) is 13.8 Å². The van der Waals surface area contributed by atoms with Crippen LogP contribution in [0.15, 0.2) is 18.2 Å². The first-order valence-corrected chi connectivity index (χ1v) is 7.35. The Bertz CT molecular complexity index is 337. The van der Waals surface area contributed by atoms with Gasteiger partial charge in [0.25, 0.3) is 0 Å². The highest BCUT2D eigenvalue weighted by atomic mass is 31.1. The Hall–Kier alpha value is -0.550. The number of aryl methyl sites for hydroxylation is 2. The molecule has 1 rings (SSSR count). The molecule has 0 aliphatic heterocycles.